The number of benzene rings is 2. The molecule has 0 spiro atoms. The maximum absolute atomic E-state index is 13.1. The van der Waals surface area contributed by atoms with Crippen molar-refractivity contribution in [1.29, 1.82) is 0 Å². The minimum Gasteiger partial charge on any atom is -0.493 e. The maximum Gasteiger partial charge on any atom is 0.253 e. The van der Waals surface area contributed by atoms with E-state index in [-0.39, 0.29) is 23.9 Å². The van der Waals surface area contributed by atoms with E-state index in [9.17, 15) is 4.79 Å². The SMILES string of the molecule is COc1ccc([C@@H]2CC=C[C@H](N(C)C)C2NC(=O)c2ccc(Cl)cc2Cl)cc1OC. The molecule has 0 aromatic heterocycles. The van der Waals surface area contributed by atoms with Gasteiger partial charge in [-0.15, -0.1) is 0 Å². The van der Waals surface area contributed by atoms with Crippen molar-refractivity contribution >= 4 is 29.1 Å². The van der Waals surface area contributed by atoms with Gasteiger partial charge in [-0.2, -0.15) is 0 Å². The van der Waals surface area contributed by atoms with Crippen molar-refractivity contribution in [1.82, 2.24) is 10.2 Å². The molecule has 3 rings (SSSR count). The Kier molecular flexibility index (Phi) is 7.29. The number of allylic oxidation sites excluding steroid dienone is 1. The molecule has 0 aliphatic heterocycles. The summed E-state index contributed by atoms with van der Waals surface area (Å²) in [5.74, 6) is 1.16. The van der Waals surface area contributed by atoms with E-state index < -0.39 is 0 Å². The van der Waals surface area contributed by atoms with E-state index >= 15 is 0 Å². The highest BCUT2D eigenvalue weighted by molar-refractivity contribution is 6.36. The van der Waals surface area contributed by atoms with Gasteiger partial charge < -0.3 is 19.7 Å². The number of nitrogens with zero attached hydrogens (tertiary/aromatic N) is 1. The maximum atomic E-state index is 13.1. The van der Waals surface area contributed by atoms with E-state index in [1.54, 1.807) is 32.4 Å². The molecule has 1 N–H and O–H groups in total. The molecule has 1 aliphatic carbocycles. The van der Waals surface area contributed by atoms with E-state index in [4.69, 9.17) is 32.7 Å². The van der Waals surface area contributed by atoms with Crippen molar-refractivity contribution in [3.63, 3.8) is 0 Å². The minimum atomic E-state index is -0.228. The van der Waals surface area contributed by atoms with E-state index in [1.165, 1.54) is 0 Å². The second-order valence-corrected chi connectivity index (χ2v) is 8.31. The fourth-order valence-electron chi connectivity index (χ4n) is 3.88. The van der Waals surface area contributed by atoms with Crippen molar-refractivity contribution in [3.05, 3.63) is 69.7 Å². The summed E-state index contributed by atoms with van der Waals surface area (Å²) in [4.78, 5) is 15.2. The third-order valence-electron chi connectivity index (χ3n) is 5.43. The second kappa shape index (κ2) is 9.73. The van der Waals surface area contributed by atoms with Crippen LogP contribution in [0.3, 0.4) is 0 Å². The lowest BCUT2D eigenvalue weighted by atomic mass is 9.80. The number of nitrogens with one attached hydrogen (secondary N) is 1. The van der Waals surface area contributed by atoms with Crippen LogP contribution < -0.4 is 14.8 Å². The highest BCUT2D eigenvalue weighted by atomic mass is 35.5. The van der Waals surface area contributed by atoms with Gasteiger partial charge in [0.05, 0.1) is 30.8 Å². The summed E-state index contributed by atoms with van der Waals surface area (Å²) in [7, 11) is 7.23. The Morgan fingerprint density at radius 2 is 1.80 bits per heavy atom. The molecule has 0 saturated heterocycles. The van der Waals surface area contributed by atoms with Crippen LogP contribution in [-0.4, -0.2) is 51.2 Å². The van der Waals surface area contributed by atoms with Crippen LogP contribution in [0.5, 0.6) is 11.5 Å². The molecule has 0 saturated carbocycles. The Morgan fingerprint density at radius 3 is 2.43 bits per heavy atom. The lowest BCUT2D eigenvalue weighted by Crippen LogP contribution is -2.53. The Labute approximate surface area is 187 Å². The molecule has 0 bridgehead atoms. The van der Waals surface area contributed by atoms with Crippen molar-refractivity contribution in [3.8, 4) is 11.5 Å². The summed E-state index contributed by atoms with van der Waals surface area (Å²) in [6, 6.07) is 10.6. The molecule has 7 heteroatoms. The molecule has 2 aromatic rings. The van der Waals surface area contributed by atoms with Gasteiger partial charge in [0, 0.05) is 17.0 Å². The van der Waals surface area contributed by atoms with Crippen molar-refractivity contribution in [2.24, 2.45) is 0 Å². The van der Waals surface area contributed by atoms with Crippen LogP contribution in [0.2, 0.25) is 10.0 Å². The van der Waals surface area contributed by atoms with Crippen LogP contribution in [0.4, 0.5) is 0 Å². The number of hydrogen-bond donors (Lipinski definition) is 1. The number of amides is 1. The Hall–Kier alpha value is -2.21. The molecule has 0 fully saturated rings. The molecule has 1 unspecified atom stereocenters. The molecule has 5 nitrogen and oxygen atoms in total. The third kappa shape index (κ3) is 4.75. The highest BCUT2D eigenvalue weighted by Gasteiger charge is 2.35. The summed E-state index contributed by atoms with van der Waals surface area (Å²) < 4.78 is 10.9. The van der Waals surface area contributed by atoms with Crippen LogP contribution in [0.15, 0.2) is 48.6 Å². The number of carbonyl (C=O) groups is 1. The van der Waals surface area contributed by atoms with Gasteiger partial charge in [0.25, 0.3) is 5.91 Å². The smallest absolute Gasteiger partial charge is 0.253 e. The van der Waals surface area contributed by atoms with Crippen molar-refractivity contribution in [2.45, 2.75) is 24.4 Å². The molecule has 0 radical (unpaired) electrons. The molecular weight excluding hydrogens is 423 g/mol. The average Bonchev–Trinajstić information content (AvgIpc) is 2.73. The Bertz CT molecular complexity index is 946. The largest absolute Gasteiger partial charge is 0.493 e. The summed E-state index contributed by atoms with van der Waals surface area (Å²) >= 11 is 12.2. The van der Waals surface area contributed by atoms with Gasteiger partial charge in [-0.3, -0.25) is 4.79 Å². The average molecular weight is 449 g/mol. The summed E-state index contributed by atoms with van der Waals surface area (Å²) in [6.45, 7) is 0. The number of methoxy groups -OCH3 is 2. The molecular formula is C23H26Cl2N2O3. The molecule has 1 amide bonds. The first kappa shape index (κ1) is 22.5. The Morgan fingerprint density at radius 1 is 1.07 bits per heavy atom. The predicted octanol–water partition coefficient (Wildman–Crippen LogP) is 4.78. The number of halogens is 2. The molecule has 3 atom stereocenters. The standard InChI is InChI=1S/C23H26Cl2N2O3/c1-27(2)19-7-5-6-16(14-8-11-20(29-3)21(12-14)30-4)22(19)26-23(28)17-10-9-15(24)13-18(17)25/h5,7-13,16,19,22H,6H2,1-4H3,(H,26,28)/t16-,19-,22?/m0/s1. The van der Waals surface area contributed by atoms with Crippen molar-refractivity contribution in [2.75, 3.05) is 28.3 Å². The van der Waals surface area contributed by atoms with E-state index in [0.29, 0.717) is 27.1 Å². The fraction of sp³-hybridized carbons (Fsp3) is 0.348. The Balaban J connectivity index is 1.96. The molecule has 2 aromatic carbocycles. The first-order valence-electron chi connectivity index (χ1n) is 9.66. The topological polar surface area (TPSA) is 50.8 Å². The molecule has 30 heavy (non-hydrogen) atoms. The molecule has 0 heterocycles. The monoisotopic (exact) mass is 448 g/mol. The second-order valence-electron chi connectivity index (χ2n) is 7.46. The van der Waals surface area contributed by atoms with Gasteiger partial charge in [0.2, 0.25) is 0 Å². The fourth-order valence-corrected chi connectivity index (χ4v) is 4.37. The van der Waals surface area contributed by atoms with E-state index in [2.05, 4.69) is 22.4 Å². The zero-order valence-electron chi connectivity index (χ0n) is 17.5. The van der Waals surface area contributed by atoms with Crippen LogP contribution in [-0.2, 0) is 0 Å². The summed E-state index contributed by atoms with van der Waals surface area (Å²) in [5.41, 5.74) is 1.47. The number of likely N-dealkylation sites (N-methyl/N-ethyl adjacent to an activating group) is 1. The molecule has 1 aliphatic rings. The lowest BCUT2D eigenvalue weighted by Gasteiger charge is -2.39. The van der Waals surface area contributed by atoms with Gasteiger partial charge in [0.1, 0.15) is 0 Å². The van der Waals surface area contributed by atoms with Gasteiger partial charge in [0.15, 0.2) is 11.5 Å². The van der Waals surface area contributed by atoms with E-state index in [1.807, 2.05) is 32.3 Å². The summed E-state index contributed by atoms with van der Waals surface area (Å²) in [6.07, 6.45) is 5.08. The molecule has 160 valence electrons. The van der Waals surface area contributed by atoms with Gasteiger partial charge in [-0.05, 0) is 56.4 Å². The van der Waals surface area contributed by atoms with Gasteiger partial charge in [-0.25, -0.2) is 0 Å². The number of rotatable bonds is 6. The minimum absolute atomic E-state index is 0.0203. The van der Waals surface area contributed by atoms with Crippen LogP contribution in [0.25, 0.3) is 0 Å². The van der Waals surface area contributed by atoms with E-state index in [0.717, 1.165) is 12.0 Å². The zero-order valence-corrected chi connectivity index (χ0v) is 19.0. The number of ether oxygens (including phenoxy) is 2. The normalized spacial score (nSPS) is 20.8. The van der Waals surface area contributed by atoms with Crippen LogP contribution in [0, 0.1) is 0 Å². The van der Waals surface area contributed by atoms with Crippen LogP contribution >= 0.6 is 23.2 Å². The van der Waals surface area contributed by atoms with Crippen LogP contribution in [0.1, 0.15) is 28.3 Å². The first-order chi connectivity index (χ1) is 14.3. The summed E-state index contributed by atoms with van der Waals surface area (Å²) in [5, 5.41) is 4.03. The highest BCUT2D eigenvalue weighted by Crippen LogP contribution is 2.37. The number of carbonyl (C=O) groups excluding carboxylic acids is 1. The van der Waals surface area contributed by atoms with Crippen molar-refractivity contribution < 1.29 is 14.3 Å². The first-order valence-corrected chi connectivity index (χ1v) is 10.4. The zero-order chi connectivity index (χ0) is 21.8. The quantitative estimate of drug-likeness (QED) is 0.645. The van der Waals surface area contributed by atoms with Gasteiger partial charge in [-0.1, -0.05) is 41.4 Å². The predicted molar refractivity (Wildman–Crippen MR) is 121 cm³/mol. The third-order valence-corrected chi connectivity index (χ3v) is 5.98. The lowest BCUT2D eigenvalue weighted by molar-refractivity contribution is 0.0906. The number of hydrogen-bond acceptors (Lipinski definition) is 4. The van der Waals surface area contributed by atoms with Gasteiger partial charge >= 0.3 is 0 Å².